The SMILES string of the molecule is Cc1ccccc1-n1nc(C)c2cc(C(=O)N3CCN(c4ccccc4)CC3)sc21. The number of thiophene rings is 1. The highest BCUT2D eigenvalue weighted by molar-refractivity contribution is 7.20. The van der Waals surface area contributed by atoms with Crippen LogP contribution in [0.25, 0.3) is 15.9 Å². The maximum absolute atomic E-state index is 13.2. The molecular formula is C24H24N4OS. The monoisotopic (exact) mass is 416 g/mol. The van der Waals surface area contributed by atoms with E-state index in [1.165, 1.54) is 11.3 Å². The van der Waals surface area contributed by atoms with Crippen LogP contribution < -0.4 is 4.90 Å². The summed E-state index contributed by atoms with van der Waals surface area (Å²) in [7, 11) is 0. The quantitative estimate of drug-likeness (QED) is 0.487. The van der Waals surface area contributed by atoms with Gasteiger partial charge in [0.15, 0.2) is 0 Å². The second kappa shape index (κ2) is 7.61. The van der Waals surface area contributed by atoms with Gasteiger partial charge in [-0.15, -0.1) is 11.3 Å². The number of aryl methyl sites for hydroxylation is 2. The highest BCUT2D eigenvalue weighted by Crippen LogP contribution is 2.32. The van der Waals surface area contributed by atoms with Gasteiger partial charge in [0, 0.05) is 37.3 Å². The summed E-state index contributed by atoms with van der Waals surface area (Å²) < 4.78 is 1.98. The lowest BCUT2D eigenvalue weighted by molar-refractivity contribution is 0.0751. The molecule has 0 unspecified atom stereocenters. The van der Waals surface area contributed by atoms with Crippen molar-refractivity contribution in [2.75, 3.05) is 31.1 Å². The first-order chi connectivity index (χ1) is 14.6. The maximum Gasteiger partial charge on any atom is 0.264 e. The van der Waals surface area contributed by atoms with Gasteiger partial charge in [-0.3, -0.25) is 4.79 Å². The molecule has 5 rings (SSSR count). The van der Waals surface area contributed by atoms with E-state index in [0.29, 0.717) is 0 Å². The molecule has 3 heterocycles. The van der Waals surface area contributed by atoms with Crippen LogP contribution in [-0.2, 0) is 0 Å². The van der Waals surface area contributed by atoms with Crippen LogP contribution >= 0.6 is 11.3 Å². The summed E-state index contributed by atoms with van der Waals surface area (Å²) in [5.74, 6) is 0.125. The molecule has 4 aromatic rings. The van der Waals surface area contributed by atoms with E-state index >= 15 is 0 Å². The minimum atomic E-state index is 0.125. The largest absolute Gasteiger partial charge is 0.368 e. The van der Waals surface area contributed by atoms with E-state index in [9.17, 15) is 4.79 Å². The van der Waals surface area contributed by atoms with Gasteiger partial charge in [-0.25, -0.2) is 4.68 Å². The fourth-order valence-corrected chi connectivity index (χ4v) is 5.22. The van der Waals surface area contributed by atoms with Crippen LogP contribution in [0, 0.1) is 13.8 Å². The Morgan fingerprint density at radius 3 is 2.37 bits per heavy atom. The number of aromatic nitrogens is 2. The zero-order valence-corrected chi connectivity index (χ0v) is 18.0. The predicted molar refractivity (Wildman–Crippen MR) is 123 cm³/mol. The van der Waals surface area contributed by atoms with Crippen molar-refractivity contribution in [3.63, 3.8) is 0 Å². The summed E-state index contributed by atoms with van der Waals surface area (Å²) in [6.07, 6.45) is 0. The first-order valence-corrected chi connectivity index (χ1v) is 11.1. The number of anilines is 1. The third-order valence-corrected chi connectivity index (χ3v) is 6.89. The number of piperazine rings is 1. The molecule has 0 atom stereocenters. The second-order valence-corrected chi connectivity index (χ2v) is 8.76. The number of nitrogens with zero attached hydrogens (tertiary/aromatic N) is 4. The number of hydrogen-bond acceptors (Lipinski definition) is 4. The molecule has 0 spiro atoms. The molecule has 1 saturated heterocycles. The summed E-state index contributed by atoms with van der Waals surface area (Å²) in [6.45, 7) is 7.30. The van der Waals surface area contributed by atoms with E-state index in [4.69, 9.17) is 5.10 Å². The standard InChI is InChI=1S/C24H24N4OS/c1-17-8-6-7-11-21(17)28-24-20(18(2)25-28)16-22(30-24)23(29)27-14-12-26(13-15-27)19-9-4-3-5-10-19/h3-11,16H,12-15H2,1-2H3. The molecule has 6 heteroatoms. The summed E-state index contributed by atoms with van der Waals surface area (Å²) in [6, 6.07) is 20.6. The minimum absolute atomic E-state index is 0.125. The molecule has 1 aliphatic rings. The lowest BCUT2D eigenvalue weighted by Crippen LogP contribution is -2.48. The summed E-state index contributed by atoms with van der Waals surface area (Å²) in [5, 5.41) is 5.80. The molecule has 2 aromatic carbocycles. The van der Waals surface area contributed by atoms with Crippen molar-refractivity contribution < 1.29 is 4.79 Å². The molecule has 0 aliphatic carbocycles. The van der Waals surface area contributed by atoms with Gasteiger partial charge < -0.3 is 9.80 Å². The van der Waals surface area contributed by atoms with Crippen molar-refractivity contribution in [3.8, 4) is 5.69 Å². The third-order valence-electron chi connectivity index (χ3n) is 5.79. The number of carbonyl (C=O) groups is 1. The van der Waals surface area contributed by atoms with Gasteiger partial charge in [0.25, 0.3) is 5.91 Å². The van der Waals surface area contributed by atoms with Crippen LogP contribution in [-0.4, -0.2) is 46.8 Å². The van der Waals surface area contributed by atoms with Gasteiger partial charge in [0.05, 0.1) is 16.3 Å². The normalized spacial score (nSPS) is 14.5. The van der Waals surface area contributed by atoms with E-state index < -0.39 is 0 Å². The molecule has 1 aliphatic heterocycles. The van der Waals surface area contributed by atoms with Gasteiger partial charge in [0.2, 0.25) is 0 Å². The van der Waals surface area contributed by atoms with Crippen LogP contribution in [0.1, 0.15) is 20.9 Å². The Morgan fingerprint density at radius 2 is 1.63 bits per heavy atom. The fourth-order valence-electron chi connectivity index (χ4n) is 4.08. The van der Waals surface area contributed by atoms with Gasteiger partial charge in [-0.2, -0.15) is 5.10 Å². The number of hydrogen-bond donors (Lipinski definition) is 0. The Bertz CT molecular complexity index is 1200. The summed E-state index contributed by atoms with van der Waals surface area (Å²) in [4.78, 5) is 19.4. The average molecular weight is 417 g/mol. The van der Waals surface area contributed by atoms with Crippen LogP contribution in [0.2, 0.25) is 0 Å². The molecule has 5 nitrogen and oxygen atoms in total. The number of amides is 1. The number of para-hydroxylation sites is 2. The first kappa shape index (κ1) is 18.9. The first-order valence-electron chi connectivity index (χ1n) is 10.3. The molecule has 0 bridgehead atoms. The summed E-state index contributed by atoms with van der Waals surface area (Å²) >= 11 is 1.54. The minimum Gasteiger partial charge on any atom is -0.368 e. The highest BCUT2D eigenvalue weighted by atomic mass is 32.1. The topological polar surface area (TPSA) is 41.4 Å². The lowest BCUT2D eigenvalue weighted by Gasteiger charge is -2.35. The van der Waals surface area contributed by atoms with Crippen molar-refractivity contribution in [2.24, 2.45) is 0 Å². The van der Waals surface area contributed by atoms with Gasteiger partial charge in [-0.1, -0.05) is 36.4 Å². The van der Waals surface area contributed by atoms with Crippen molar-refractivity contribution >= 4 is 33.1 Å². The zero-order chi connectivity index (χ0) is 20.7. The molecule has 1 fully saturated rings. The molecule has 1 amide bonds. The van der Waals surface area contributed by atoms with Crippen molar-refractivity contribution in [1.29, 1.82) is 0 Å². The fraction of sp³-hybridized carbons (Fsp3) is 0.250. The summed E-state index contributed by atoms with van der Waals surface area (Å²) in [5.41, 5.74) is 4.41. The Balaban J connectivity index is 1.39. The maximum atomic E-state index is 13.2. The highest BCUT2D eigenvalue weighted by Gasteiger charge is 2.25. The number of rotatable bonds is 3. The van der Waals surface area contributed by atoms with E-state index in [2.05, 4.69) is 48.2 Å². The van der Waals surface area contributed by atoms with E-state index in [-0.39, 0.29) is 5.91 Å². The van der Waals surface area contributed by atoms with Gasteiger partial charge >= 0.3 is 0 Å². The van der Waals surface area contributed by atoms with Crippen LogP contribution in [0.4, 0.5) is 5.69 Å². The molecule has 2 aromatic heterocycles. The van der Waals surface area contributed by atoms with E-state index in [0.717, 1.165) is 52.7 Å². The Morgan fingerprint density at radius 1 is 0.933 bits per heavy atom. The van der Waals surface area contributed by atoms with Crippen molar-refractivity contribution in [2.45, 2.75) is 13.8 Å². The molecule has 30 heavy (non-hydrogen) atoms. The molecular weight excluding hydrogens is 392 g/mol. The molecule has 0 saturated carbocycles. The second-order valence-electron chi connectivity index (χ2n) is 7.73. The Kier molecular flexibility index (Phi) is 4.79. The number of fused-ring (bicyclic) bond motifs is 1. The van der Waals surface area contributed by atoms with E-state index in [1.54, 1.807) is 11.3 Å². The van der Waals surface area contributed by atoms with Gasteiger partial charge in [-0.05, 0) is 43.7 Å². The smallest absolute Gasteiger partial charge is 0.264 e. The zero-order valence-electron chi connectivity index (χ0n) is 17.2. The van der Waals surface area contributed by atoms with Crippen LogP contribution in [0.5, 0.6) is 0 Å². The number of carbonyl (C=O) groups excluding carboxylic acids is 1. The van der Waals surface area contributed by atoms with Crippen molar-refractivity contribution in [1.82, 2.24) is 14.7 Å². The Labute approximate surface area is 180 Å². The Hall–Kier alpha value is -3.12. The molecule has 0 N–H and O–H groups in total. The van der Waals surface area contributed by atoms with Crippen LogP contribution in [0.3, 0.4) is 0 Å². The molecule has 152 valence electrons. The predicted octanol–water partition coefficient (Wildman–Crippen LogP) is 4.67. The number of benzene rings is 2. The molecule has 0 radical (unpaired) electrons. The third kappa shape index (κ3) is 3.27. The van der Waals surface area contributed by atoms with Gasteiger partial charge in [0.1, 0.15) is 4.83 Å². The average Bonchev–Trinajstić information content (AvgIpc) is 3.35. The van der Waals surface area contributed by atoms with Crippen LogP contribution in [0.15, 0.2) is 60.7 Å². The van der Waals surface area contributed by atoms with E-state index in [1.807, 2.05) is 40.8 Å². The van der Waals surface area contributed by atoms with Crippen molar-refractivity contribution in [3.05, 3.63) is 76.8 Å². The lowest BCUT2D eigenvalue weighted by atomic mass is 10.2.